The minimum atomic E-state index is -0.859. The highest BCUT2D eigenvalue weighted by Gasteiger charge is 2.46. The molecular formula is C15H22N2O. The van der Waals surface area contributed by atoms with E-state index in [9.17, 15) is 4.79 Å². The van der Waals surface area contributed by atoms with Gasteiger partial charge in [-0.2, -0.15) is 5.26 Å². The SMILES string of the molecule is CC(C)(C#N)C(=O)N1CC2CC3CC(C2)CC1C3. The summed E-state index contributed by atoms with van der Waals surface area (Å²) in [6.45, 7) is 4.41. The van der Waals surface area contributed by atoms with Gasteiger partial charge in [-0.25, -0.2) is 0 Å². The van der Waals surface area contributed by atoms with Gasteiger partial charge in [-0.15, -0.1) is 0 Å². The van der Waals surface area contributed by atoms with Crippen LogP contribution in [-0.2, 0) is 4.79 Å². The molecule has 4 bridgehead atoms. The summed E-state index contributed by atoms with van der Waals surface area (Å²) in [5.41, 5.74) is -0.859. The van der Waals surface area contributed by atoms with Crippen molar-refractivity contribution in [2.75, 3.05) is 6.54 Å². The molecule has 4 fully saturated rings. The van der Waals surface area contributed by atoms with Gasteiger partial charge in [0.2, 0.25) is 5.91 Å². The van der Waals surface area contributed by atoms with Crippen LogP contribution in [0, 0.1) is 34.5 Å². The lowest BCUT2D eigenvalue weighted by molar-refractivity contribution is -0.140. The Morgan fingerprint density at radius 1 is 1.11 bits per heavy atom. The van der Waals surface area contributed by atoms with Gasteiger partial charge in [0.15, 0.2) is 0 Å². The number of fused-ring (bicyclic) bond motifs is 1. The molecule has 0 aromatic carbocycles. The molecule has 0 aromatic heterocycles. The third kappa shape index (κ3) is 1.83. The van der Waals surface area contributed by atoms with Crippen molar-refractivity contribution < 1.29 is 4.79 Å². The van der Waals surface area contributed by atoms with Crippen molar-refractivity contribution in [1.29, 1.82) is 5.26 Å². The molecule has 2 atom stereocenters. The Kier molecular flexibility index (Phi) is 2.66. The Labute approximate surface area is 109 Å². The fourth-order valence-electron chi connectivity index (χ4n) is 4.44. The monoisotopic (exact) mass is 246 g/mol. The fraction of sp³-hybridized carbons (Fsp3) is 0.867. The van der Waals surface area contributed by atoms with Gasteiger partial charge in [0.1, 0.15) is 5.41 Å². The summed E-state index contributed by atoms with van der Waals surface area (Å²) in [5, 5.41) is 9.17. The Morgan fingerprint density at radius 3 is 2.22 bits per heavy atom. The largest absolute Gasteiger partial charge is 0.338 e. The molecule has 0 radical (unpaired) electrons. The quantitative estimate of drug-likeness (QED) is 0.713. The summed E-state index contributed by atoms with van der Waals surface area (Å²) in [6.07, 6.45) is 6.37. The van der Waals surface area contributed by atoms with Crippen molar-refractivity contribution in [3.05, 3.63) is 0 Å². The van der Waals surface area contributed by atoms with Crippen LogP contribution in [0.2, 0.25) is 0 Å². The van der Waals surface area contributed by atoms with E-state index >= 15 is 0 Å². The van der Waals surface area contributed by atoms with Gasteiger partial charge in [-0.3, -0.25) is 4.79 Å². The molecule has 2 unspecified atom stereocenters. The number of nitriles is 1. The molecule has 1 amide bonds. The van der Waals surface area contributed by atoms with Crippen LogP contribution in [0.1, 0.15) is 46.0 Å². The standard InChI is InChI=1S/C15H22N2O/c1-15(2,9-16)14(18)17-8-12-4-10-3-11(5-12)7-13(17)6-10/h10-13H,3-8H2,1-2H3. The van der Waals surface area contributed by atoms with E-state index in [1.54, 1.807) is 13.8 Å². The third-order valence-corrected chi connectivity index (χ3v) is 5.18. The molecule has 3 nitrogen and oxygen atoms in total. The molecule has 2 aliphatic heterocycles. The van der Waals surface area contributed by atoms with Crippen LogP contribution in [-0.4, -0.2) is 23.4 Å². The van der Waals surface area contributed by atoms with Crippen molar-refractivity contribution in [3.63, 3.8) is 0 Å². The van der Waals surface area contributed by atoms with Crippen LogP contribution in [0.25, 0.3) is 0 Å². The molecule has 0 aromatic rings. The molecule has 0 N–H and O–H groups in total. The molecule has 0 spiro atoms. The van der Waals surface area contributed by atoms with Crippen molar-refractivity contribution in [3.8, 4) is 6.07 Å². The lowest BCUT2D eigenvalue weighted by Crippen LogP contribution is -2.47. The first-order chi connectivity index (χ1) is 8.49. The van der Waals surface area contributed by atoms with Crippen molar-refractivity contribution >= 4 is 5.91 Å². The Morgan fingerprint density at radius 2 is 1.67 bits per heavy atom. The van der Waals surface area contributed by atoms with Gasteiger partial charge in [0, 0.05) is 12.6 Å². The van der Waals surface area contributed by atoms with E-state index in [0.29, 0.717) is 12.0 Å². The topological polar surface area (TPSA) is 44.1 Å². The van der Waals surface area contributed by atoms with Gasteiger partial charge in [0.05, 0.1) is 6.07 Å². The number of amides is 1. The lowest BCUT2D eigenvalue weighted by atomic mass is 9.68. The van der Waals surface area contributed by atoms with Crippen LogP contribution in [0.4, 0.5) is 0 Å². The van der Waals surface area contributed by atoms with Gasteiger partial charge in [-0.05, 0) is 63.7 Å². The third-order valence-electron chi connectivity index (χ3n) is 5.18. The van der Waals surface area contributed by atoms with Gasteiger partial charge < -0.3 is 4.90 Å². The second-order valence-corrected chi connectivity index (χ2v) is 7.12. The van der Waals surface area contributed by atoms with Crippen LogP contribution < -0.4 is 0 Å². The molecule has 4 rings (SSSR count). The van der Waals surface area contributed by atoms with E-state index in [2.05, 4.69) is 11.0 Å². The average molecular weight is 246 g/mol. The van der Waals surface area contributed by atoms with Crippen LogP contribution in [0.5, 0.6) is 0 Å². The normalized spacial score (nSPS) is 38.4. The fourth-order valence-corrected chi connectivity index (χ4v) is 4.44. The number of hydrogen-bond donors (Lipinski definition) is 0. The molecule has 4 aliphatic rings. The van der Waals surface area contributed by atoms with E-state index in [1.807, 2.05) is 0 Å². The summed E-state index contributed by atoms with van der Waals surface area (Å²) >= 11 is 0. The summed E-state index contributed by atoms with van der Waals surface area (Å²) < 4.78 is 0. The first-order valence-electron chi connectivity index (χ1n) is 7.22. The molecular weight excluding hydrogens is 224 g/mol. The maximum absolute atomic E-state index is 12.6. The predicted molar refractivity (Wildman–Crippen MR) is 68.5 cm³/mol. The van der Waals surface area contributed by atoms with E-state index in [0.717, 1.165) is 18.4 Å². The summed E-state index contributed by atoms with van der Waals surface area (Å²) in [7, 11) is 0. The summed E-state index contributed by atoms with van der Waals surface area (Å²) in [6, 6.07) is 2.59. The van der Waals surface area contributed by atoms with Crippen molar-refractivity contribution in [2.24, 2.45) is 23.2 Å². The highest BCUT2D eigenvalue weighted by Crippen LogP contribution is 2.48. The van der Waals surface area contributed by atoms with Gasteiger partial charge in [-0.1, -0.05) is 0 Å². The van der Waals surface area contributed by atoms with E-state index < -0.39 is 5.41 Å². The molecule has 2 saturated carbocycles. The predicted octanol–water partition coefficient (Wildman–Crippen LogP) is 2.57. The van der Waals surface area contributed by atoms with E-state index in [1.165, 1.54) is 32.1 Å². The van der Waals surface area contributed by atoms with Crippen LogP contribution in [0.15, 0.2) is 0 Å². The Balaban J connectivity index is 1.86. The zero-order valence-corrected chi connectivity index (χ0v) is 11.4. The van der Waals surface area contributed by atoms with Crippen molar-refractivity contribution in [1.82, 2.24) is 4.90 Å². The summed E-state index contributed by atoms with van der Waals surface area (Å²) in [4.78, 5) is 14.6. The minimum absolute atomic E-state index is 0.0585. The highest BCUT2D eigenvalue weighted by molar-refractivity contribution is 5.85. The second kappa shape index (κ2) is 3.98. The average Bonchev–Trinajstić information content (AvgIpc) is 2.52. The maximum Gasteiger partial charge on any atom is 0.242 e. The number of nitrogens with zero attached hydrogens (tertiary/aromatic N) is 2. The first-order valence-corrected chi connectivity index (χ1v) is 7.22. The molecule has 3 heteroatoms. The van der Waals surface area contributed by atoms with Gasteiger partial charge in [0.25, 0.3) is 0 Å². The minimum Gasteiger partial charge on any atom is -0.338 e. The lowest BCUT2D eigenvalue weighted by Gasteiger charge is -2.39. The number of rotatable bonds is 1. The molecule has 2 aliphatic carbocycles. The number of carbonyl (C=O) groups is 1. The second-order valence-electron chi connectivity index (χ2n) is 7.12. The van der Waals surface area contributed by atoms with Crippen molar-refractivity contribution in [2.45, 2.75) is 52.0 Å². The number of carbonyl (C=O) groups excluding carboxylic acids is 1. The highest BCUT2D eigenvalue weighted by atomic mass is 16.2. The molecule has 2 saturated heterocycles. The summed E-state index contributed by atoms with van der Waals surface area (Å²) in [5.74, 6) is 2.44. The van der Waals surface area contributed by atoms with Gasteiger partial charge >= 0.3 is 0 Å². The van der Waals surface area contributed by atoms with Crippen LogP contribution >= 0.6 is 0 Å². The van der Waals surface area contributed by atoms with E-state index in [-0.39, 0.29) is 5.91 Å². The molecule has 18 heavy (non-hydrogen) atoms. The first kappa shape index (κ1) is 12.0. The Bertz CT molecular complexity index is 395. The number of hydrogen-bond acceptors (Lipinski definition) is 2. The van der Waals surface area contributed by atoms with Crippen LogP contribution in [0.3, 0.4) is 0 Å². The zero-order valence-electron chi connectivity index (χ0n) is 11.4. The smallest absolute Gasteiger partial charge is 0.242 e. The maximum atomic E-state index is 12.6. The van der Waals surface area contributed by atoms with E-state index in [4.69, 9.17) is 5.26 Å². The zero-order chi connectivity index (χ0) is 12.9. The Hall–Kier alpha value is -1.04. The molecule has 98 valence electrons. The molecule has 2 heterocycles.